The van der Waals surface area contributed by atoms with E-state index in [2.05, 4.69) is 15.5 Å². The molecule has 20 heavy (non-hydrogen) atoms. The number of nitrogens with one attached hydrogen (secondary N) is 1. The second kappa shape index (κ2) is 4.68. The number of aromatic nitrogens is 7. The second-order valence-corrected chi connectivity index (χ2v) is 4.23. The van der Waals surface area contributed by atoms with Crippen molar-refractivity contribution in [2.45, 2.75) is 6.61 Å². The van der Waals surface area contributed by atoms with Crippen molar-refractivity contribution in [3.05, 3.63) is 40.6 Å². The fourth-order valence-corrected chi connectivity index (χ4v) is 1.87. The Morgan fingerprint density at radius 1 is 1.40 bits per heavy atom. The van der Waals surface area contributed by atoms with Gasteiger partial charge in [0, 0.05) is 38.1 Å². The highest BCUT2D eigenvalue weighted by Crippen LogP contribution is 2.15. The lowest BCUT2D eigenvalue weighted by Crippen LogP contribution is -2.24. The van der Waals surface area contributed by atoms with Crippen molar-refractivity contribution in [2.24, 2.45) is 14.1 Å². The number of hydrogen-bond acceptors (Lipinski definition) is 5. The molecule has 0 aliphatic carbocycles. The molecule has 0 saturated carbocycles. The smallest absolute Gasteiger partial charge is 0.369 e. The number of aryl methyl sites for hydroxylation is 2. The summed E-state index contributed by atoms with van der Waals surface area (Å²) in [5.74, 6) is 0.921. The largest absolute Gasteiger partial charge is 0.472 e. The first kappa shape index (κ1) is 11.0. The molecule has 0 saturated heterocycles. The zero-order chi connectivity index (χ0) is 15.0. The van der Waals surface area contributed by atoms with Gasteiger partial charge in [0.1, 0.15) is 12.4 Å². The van der Waals surface area contributed by atoms with Gasteiger partial charge in [0.05, 0.1) is 0 Å². The van der Waals surface area contributed by atoms with Crippen molar-refractivity contribution in [1.29, 1.82) is 0 Å². The summed E-state index contributed by atoms with van der Waals surface area (Å²) in [6.07, 6.45) is 3.27. The number of nitrogens with zero attached hydrogens (tertiary/aromatic N) is 6. The van der Waals surface area contributed by atoms with Crippen LogP contribution in [0, 0.1) is 0 Å². The molecule has 3 aromatic heterocycles. The lowest BCUT2D eigenvalue weighted by molar-refractivity contribution is 0.292. The van der Waals surface area contributed by atoms with Crippen LogP contribution in [-0.4, -0.2) is 34.5 Å². The van der Waals surface area contributed by atoms with Crippen LogP contribution in [0.15, 0.2) is 29.3 Å². The number of H-pyrrole nitrogens is 1. The van der Waals surface area contributed by atoms with Gasteiger partial charge < -0.3 is 9.30 Å². The van der Waals surface area contributed by atoms with Gasteiger partial charge in [0.25, 0.3) is 0 Å². The van der Waals surface area contributed by atoms with E-state index >= 15 is 0 Å². The average molecular weight is 277 g/mol. The Kier molecular flexibility index (Phi) is 2.58. The molecule has 3 rings (SSSR count). The first-order valence-electron chi connectivity index (χ1n) is 6.32. The van der Waals surface area contributed by atoms with E-state index in [1.54, 1.807) is 23.9 Å². The average Bonchev–Trinajstić information content (AvgIpc) is 3.11. The van der Waals surface area contributed by atoms with E-state index < -0.39 is 0 Å². The van der Waals surface area contributed by atoms with E-state index in [0.29, 0.717) is 11.7 Å². The molecule has 9 nitrogen and oxygen atoms in total. The lowest BCUT2D eigenvalue weighted by Gasteiger charge is -2.06. The molecular weight excluding hydrogens is 262 g/mol. The first-order chi connectivity index (χ1) is 10.1. The fraction of sp³-hybridized carbons (Fsp3) is 0.273. The van der Waals surface area contributed by atoms with Crippen molar-refractivity contribution in [2.75, 3.05) is 0 Å². The van der Waals surface area contributed by atoms with Crippen LogP contribution in [0.3, 0.4) is 0 Å². The van der Waals surface area contributed by atoms with Crippen LogP contribution in [0.25, 0.3) is 5.82 Å². The van der Waals surface area contributed by atoms with Crippen molar-refractivity contribution in [1.82, 2.24) is 34.5 Å². The van der Waals surface area contributed by atoms with Gasteiger partial charge in [-0.15, -0.1) is 9.78 Å². The molecule has 0 amide bonds. The molecule has 0 spiro atoms. The van der Waals surface area contributed by atoms with Crippen molar-refractivity contribution in [3.8, 4) is 11.7 Å². The Bertz CT molecular complexity index is 828. The Labute approximate surface area is 114 Å². The van der Waals surface area contributed by atoms with Crippen LogP contribution < -0.4 is 10.4 Å². The SMILES string of the molecule is [3H]n1ccc(OCc2ccn(C)c2-n2nnn(C)c2=O)n1. The molecule has 0 bridgehead atoms. The fourth-order valence-electron chi connectivity index (χ4n) is 1.87. The molecule has 3 aromatic rings. The summed E-state index contributed by atoms with van der Waals surface area (Å²) in [6, 6.07) is 3.41. The molecule has 9 heteroatoms. The van der Waals surface area contributed by atoms with Gasteiger partial charge in [-0.25, -0.2) is 4.79 Å². The molecule has 0 unspecified atom stereocenters. The van der Waals surface area contributed by atoms with Crippen LogP contribution in [0.4, 0.5) is 0 Å². The van der Waals surface area contributed by atoms with E-state index in [9.17, 15) is 4.79 Å². The molecule has 3 heterocycles. The highest BCUT2D eigenvalue weighted by atomic mass is 16.5. The van der Waals surface area contributed by atoms with Crippen LogP contribution >= 0.6 is 0 Å². The molecule has 0 fully saturated rings. The van der Waals surface area contributed by atoms with Gasteiger partial charge in [-0.2, -0.15) is 4.68 Å². The van der Waals surface area contributed by atoms with E-state index in [1.807, 2.05) is 6.07 Å². The van der Waals surface area contributed by atoms with Crippen molar-refractivity contribution >= 4 is 0 Å². The molecule has 104 valence electrons. The van der Waals surface area contributed by atoms with Gasteiger partial charge in [-0.1, -0.05) is 0 Å². The van der Waals surface area contributed by atoms with Crippen LogP contribution in [0.2, 0.25) is 1.41 Å². The van der Waals surface area contributed by atoms with Gasteiger partial charge in [0.15, 0.2) is 1.41 Å². The highest BCUT2D eigenvalue weighted by molar-refractivity contribution is 5.34. The Balaban J connectivity index is 1.90. The number of hydrogen-bond donors (Lipinski definition) is 1. The first-order valence-corrected chi connectivity index (χ1v) is 5.87. The third-order valence-electron chi connectivity index (χ3n) is 2.86. The quantitative estimate of drug-likeness (QED) is 0.700. The summed E-state index contributed by atoms with van der Waals surface area (Å²) in [4.78, 5) is 12.0. The predicted octanol–water partition coefficient (Wildman–Crippen LogP) is -0.393. The minimum atomic E-state index is -0.339. The predicted molar refractivity (Wildman–Crippen MR) is 68.5 cm³/mol. The Morgan fingerprint density at radius 2 is 2.25 bits per heavy atom. The number of rotatable bonds is 4. The normalized spacial score (nSPS) is 11.6. The lowest BCUT2D eigenvalue weighted by atomic mass is 10.3. The van der Waals surface area contributed by atoms with Crippen LogP contribution in [0.5, 0.6) is 5.88 Å². The standard InChI is InChI=1S/C11H13N7O2/c1-16-6-4-8(7-20-9-3-5-12-13-9)10(16)18-11(19)17(2)14-15-18/h3-6H,7H2,1-2H3,(H,12,13)/i/hT. The maximum absolute atomic E-state index is 12.0. The third kappa shape index (κ3) is 1.98. The number of ether oxygens (including phenoxy) is 1. The van der Waals surface area contributed by atoms with E-state index in [4.69, 9.17) is 6.15 Å². The molecule has 0 aliphatic rings. The zero-order valence-electron chi connectivity index (χ0n) is 12.0. The number of tetrazole rings is 1. The maximum atomic E-state index is 12.0. The summed E-state index contributed by atoms with van der Waals surface area (Å²) in [6.45, 7) is 0.205. The molecular formula is C11H13N7O2. The summed E-state index contributed by atoms with van der Waals surface area (Å²) in [7, 11) is 3.34. The number of aromatic amines is 1. The minimum absolute atomic E-state index is 0.205. The van der Waals surface area contributed by atoms with Gasteiger partial charge in [-0.05, 0) is 16.5 Å². The topological polar surface area (TPSA) is 95.5 Å². The molecule has 0 aromatic carbocycles. The Hall–Kier alpha value is -2.84. The zero-order valence-corrected chi connectivity index (χ0v) is 11.0. The second-order valence-electron chi connectivity index (χ2n) is 4.23. The van der Waals surface area contributed by atoms with Gasteiger partial charge in [-0.3, -0.25) is 5.09 Å². The summed E-state index contributed by atoms with van der Waals surface area (Å²) in [5, 5.41) is 12.2. The van der Waals surface area contributed by atoms with Crippen molar-refractivity contribution in [3.63, 3.8) is 0 Å². The molecule has 0 radical (unpaired) electrons. The van der Waals surface area contributed by atoms with Gasteiger partial charge >= 0.3 is 5.69 Å². The monoisotopic (exact) mass is 277 g/mol. The van der Waals surface area contributed by atoms with Crippen molar-refractivity contribution < 1.29 is 6.15 Å². The summed E-state index contributed by atoms with van der Waals surface area (Å²) in [5.41, 5.74) is 0.424. The van der Waals surface area contributed by atoms with E-state index in [0.717, 1.165) is 15.3 Å². The summed E-state index contributed by atoms with van der Waals surface area (Å²) >= 11 is 0. The summed E-state index contributed by atoms with van der Waals surface area (Å²) < 4.78 is 16.9. The maximum Gasteiger partial charge on any atom is 0.369 e. The van der Waals surface area contributed by atoms with Crippen LogP contribution in [0.1, 0.15) is 5.56 Å². The highest BCUT2D eigenvalue weighted by Gasteiger charge is 2.15. The molecule has 0 aliphatic heterocycles. The third-order valence-corrected chi connectivity index (χ3v) is 2.86. The Morgan fingerprint density at radius 3 is 2.90 bits per heavy atom. The van der Waals surface area contributed by atoms with Gasteiger partial charge in [0.2, 0.25) is 5.88 Å². The minimum Gasteiger partial charge on any atom is -0.472 e. The van der Waals surface area contributed by atoms with E-state index in [1.165, 1.54) is 17.9 Å². The van der Waals surface area contributed by atoms with E-state index in [-0.39, 0.29) is 12.3 Å². The van der Waals surface area contributed by atoms with Crippen LogP contribution in [-0.2, 0) is 20.7 Å². The molecule has 0 atom stereocenters. The molecule has 1 N–H and O–H groups in total.